The van der Waals surface area contributed by atoms with E-state index in [1.807, 2.05) is 25.1 Å². The molecule has 8 rings (SSSR count). The van der Waals surface area contributed by atoms with Gasteiger partial charge in [0.2, 0.25) is 0 Å². The number of phenolic OH excluding ortho intramolecular Hbond substituents is 1. The van der Waals surface area contributed by atoms with Crippen molar-refractivity contribution in [2.24, 2.45) is 5.92 Å². The van der Waals surface area contributed by atoms with Gasteiger partial charge in [0, 0.05) is 38.8 Å². The largest absolute Gasteiger partial charge is 0.508 e. The number of rotatable bonds is 6. The summed E-state index contributed by atoms with van der Waals surface area (Å²) < 4.78 is 66.9. The van der Waals surface area contributed by atoms with Gasteiger partial charge in [0.25, 0.3) is 0 Å². The van der Waals surface area contributed by atoms with E-state index in [2.05, 4.69) is 20.5 Å². The third kappa shape index (κ3) is 5.38. The lowest BCUT2D eigenvalue weighted by atomic mass is 9.91. The van der Waals surface area contributed by atoms with Crippen LogP contribution in [0.1, 0.15) is 38.2 Å². The maximum atomic E-state index is 17.1. The summed E-state index contributed by atoms with van der Waals surface area (Å²) in [4.78, 5) is 11.5. The topological polar surface area (TPSA) is 101 Å². The van der Waals surface area contributed by atoms with E-state index in [-0.39, 0.29) is 95.9 Å². The highest BCUT2D eigenvalue weighted by atomic mass is 19.1. The smallest absolute Gasteiger partial charge is 0.319 e. The number of methoxy groups -OCH3 is 1. The Labute approximate surface area is 276 Å². The first-order valence-electron chi connectivity index (χ1n) is 17.0. The number of aromatic hydroxyl groups is 1. The van der Waals surface area contributed by atoms with E-state index in [1.54, 1.807) is 13.2 Å². The minimum Gasteiger partial charge on any atom is -0.508 e. The number of fused-ring (bicyclic) bond motifs is 6. The van der Waals surface area contributed by atoms with Gasteiger partial charge in [0.05, 0.1) is 29.7 Å². The molecule has 0 spiro atoms. The van der Waals surface area contributed by atoms with Crippen molar-refractivity contribution in [1.82, 2.24) is 20.6 Å². The summed E-state index contributed by atoms with van der Waals surface area (Å²) in [6.07, 6.45) is 2.20. The molecule has 2 bridgehead atoms. The second-order valence-electron chi connectivity index (χ2n) is 13.6. The molecule has 3 unspecified atom stereocenters. The fourth-order valence-corrected chi connectivity index (χ4v) is 8.27. The molecule has 1 aromatic heterocycles. The minimum atomic E-state index is -1.05. The Balaban J connectivity index is 1.30. The van der Waals surface area contributed by atoms with Crippen molar-refractivity contribution in [2.75, 3.05) is 44.9 Å². The zero-order valence-corrected chi connectivity index (χ0v) is 27.1. The fraction of sp³-hybridized carbons (Fsp3) is 0.500. The number of ether oxygens (including phenoxy) is 3. The van der Waals surface area contributed by atoms with Crippen LogP contribution in [-0.4, -0.2) is 85.4 Å². The molecule has 3 fully saturated rings. The lowest BCUT2D eigenvalue weighted by molar-refractivity contribution is 0.0496. The number of benzene rings is 3. The highest BCUT2D eigenvalue weighted by molar-refractivity contribution is 6.05. The Kier molecular flexibility index (Phi) is 8.20. The van der Waals surface area contributed by atoms with Crippen LogP contribution >= 0.6 is 0 Å². The van der Waals surface area contributed by atoms with Crippen LogP contribution in [-0.2, 0) is 11.2 Å². The molecule has 12 heteroatoms. The van der Waals surface area contributed by atoms with Gasteiger partial charge >= 0.3 is 6.01 Å². The van der Waals surface area contributed by atoms with Gasteiger partial charge in [-0.25, -0.2) is 13.2 Å². The first-order chi connectivity index (χ1) is 23.3. The molecule has 6 atom stereocenters. The van der Waals surface area contributed by atoms with Crippen LogP contribution in [0.2, 0.25) is 0 Å². The molecule has 254 valence electrons. The molecule has 5 heterocycles. The third-order valence-corrected chi connectivity index (χ3v) is 10.6. The van der Waals surface area contributed by atoms with E-state index in [0.717, 1.165) is 18.4 Å². The van der Waals surface area contributed by atoms with E-state index < -0.39 is 17.8 Å². The second kappa shape index (κ2) is 12.5. The van der Waals surface area contributed by atoms with E-state index in [0.29, 0.717) is 42.5 Å². The van der Waals surface area contributed by atoms with Crippen molar-refractivity contribution < 1.29 is 32.5 Å². The molecule has 3 saturated heterocycles. The second-order valence-corrected chi connectivity index (χ2v) is 13.6. The average molecular weight is 664 g/mol. The Morgan fingerprint density at radius 1 is 1.08 bits per heavy atom. The molecular formula is C36H40F3N5O4. The molecule has 3 N–H and O–H groups in total. The molecule has 48 heavy (non-hydrogen) atoms. The van der Waals surface area contributed by atoms with Crippen LogP contribution in [0.5, 0.6) is 17.5 Å². The molecule has 9 nitrogen and oxygen atoms in total. The Morgan fingerprint density at radius 3 is 2.79 bits per heavy atom. The zero-order valence-electron chi connectivity index (χ0n) is 27.1. The number of hydrogen-bond acceptors (Lipinski definition) is 9. The maximum absolute atomic E-state index is 17.1. The van der Waals surface area contributed by atoms with E-state index in [9.17, 15) is 9.50 Å². The van der Waals surface area contributed by atoms with Crippen LogP contribution in [0.3, 0.4) is 0 Å². The monoisotopic (exact) mass is 663 g/mol. The Morgan fingerprint density at radius 2 is 1.96 bits per heavy atom. The van der Waals surface area contributed by atoms with Crippen molar-refractivity contribution >= 4 is 27.5 Å². The number of nitrogens with one attached hydrogen (secondary N) is 2. The number of nitrogens with zero attached hydrogens (tertiary/aromatic N) is 3. The summed E-state index contributed by atoms with van der Waals surface area (Å²) in [5.74, 6) is -1.81. The summed E-state index contributed by atoms with van der Waals surface area (Å²) in [6.45, 7) is 3.60. The van der Waals surface area contributed by atoms with Crippen molar-refractivity contribution in [3.05, 3.63) is 47.5 Å². The SMILES string of the molecule is CCc1cccc2cc(O)cc(-c3c(F)c4c5c(nc(OC[C@@H]6C[C@@H](F)CNC[C@@H](OC)C6)nc5c3F)N3CC5CCC(N5)C3CO4)c12. The number of aromatic nitrogens is 2. The van der Waals surface area contributed by atoms with Gasteiger partial charge in [-0.2, -0.15) is 9.97 Å². The third-order valence-electron chi connectivity index (χ3n) is 10.6. The first-order valence-corrected chi connectivity index (χ1v) is 17.0. The van der Waals surface area contributed by atoms with Crippen molar-refractivity contribution in [3.8, 4) is 28.6 Å². The molecular weight excluding hydrogens is 623 g/mol. The zero-order chi connectivity index (χ0) is 33.1. The minimum absolute atomic E-state index is 0.0639. The van der Waals surface area contributed by atoms with Crippen LogP contribution in [0.15, 0.2) is 30.3 Å². The molecule has 3 aromatic carbocycles. The number of hydrogen-bond donors (Lipinski definition) is 3. The predicted molar refractivity (Wildman–Crippen MR) is 177 cm³/mol. The number of halogens is 3. The molecule has 0 saturated carbocycles. The van der Waals surface area contributed by atoms with Crippen LogP contribution in [0.4, 0.5) is 19.0 Å². The number of anilines is 1. The van der Waals surface area contributed by atoms with Gasteiger partial charge in [-0.15, -0.1) is 0 Å². The van der Waals surface area contributed by atoms with Crippen LogP contribution in [0, 0.1) is 17.6 Å². The first kappa shape index (κ1) is 31.4. The highest BCUT2D eigenvalue weighted by Crippen LogP contribution is 2.48. The lowest BCUT2D eigenvalue weighted by Crippen LogP contribution is -2.60. The van der Waals surface area contributed by atoms with Crippen molar-refractivity contribution in [3.63, 3.8) is 0 Å². The normalized spacial score (nSPS) is 26.9. The lowest BCUT2D eigenvalue weighted by Gasteiger charge is -2.40. The summed E-state index contributed by atoms with van der Waals surface area (Å²) in [6, 6.07) is 8.65. The standard InChI is InChI=1S/C36H40F3N5O4/c1-3-19-5-4-6-20-11-23(45)12-25(28(19)20)29-31(38)33-30-34(32(29)39)47-17-27-26-8-7-22(41-26)15-44(27)35(30)43-36(42-33)48-16-18-9-21(37)13-40-14-24(10-18)46-2/h4-6,11-12,18,21-22,24,26-27,40-41,45H,3,7-10,13-17H2,1-2H3/t18-,21-,22?,24+,26?,27?/m1/s1. The Hall–Kier alpha value is -3.87. The Bertz CT molecular complexity index is 1880. The summed E-state index contributed by atoms with van der Waals surface area (Å²) in [5.41, 5.74) is 0.644. The van der Waals surface area contributed by atoms with Gasteiger partial charge < -0.3 is 34.9 Å². The van der Waals surface area contributed by atoms with E-state index in [4.69, 9.17) is 19.2 Å². The summed E-state index contributed by atoms with van der Waals surface area (Å²) in [7, 11) is 1.63. The number of aryl methyl sites for hydroxylation is 1. The van der Waals surface area contributed by atoms with E-state index >= 15 is 8.78 Å². The van der Waals surface area contributed by atoms with Crippen LogP contribution < -0.4 is 25.0 Å². The molecule has 0 amide bonds. The van der Waals surface area contributed by atoms with Gasteiger partial charge in [-0.1, -0.05) is 25.1 Å². The molecule has 0 aliphatic carbocycles. The van der Waals surface area contributed by atoms with Crippen molar-refractivity contribution in [1.29, 1.82) is 0 Å². The van der Waals surface area contributed by atoms with Gasteiger partial charge in [0.15, 0.2) is 17.4 Å². The van der Waals surface area contributed by atoms with Gasteiger partial charge in [0.1, 0.15) is 29.9 Å². The molecule has 4 aromatic rings. The number of piperazine rings is 1. The quantitative estimate of drug-likeness (QED) is 0.250. The number of alkyl halides is 1. The van der Waals surface area contributed by atoms with E-state index in [1.165, 1.54) is 6.07 Å². The molecule has 4 aliphatic heterocycles. The fourth-order valence-electron chi connectivity index (χ4n) is 8.27. The molecule has 0 radical (unpaired) electrons. The van der Waals surface area contributed by atoms with Gasteiger partial charge in [-0.05, 0) is 72.1 Å². The summed E-state index contributed by atoms with van der Waals surface area (Å²) >= 11 is 0. The summed E-state index contributed by atoms with van der Waals surface area (Å²) in [5, 5.41) is 18.9. The van der Waals surface area contributed by atoms with Gasteiger partial charge in [-0.3, -0.25) is 0 Å². The number of phenols is 1. The highest BCUT2D eigenvalue weighted by Gasteiger charge is 2.44. The maximum Gasteiger partial charge on any atom is 0.319 e. The van der Waals surface area contributed by atoms with Crippen LogP contribution in [0.25, 0.3) is 32.8 Å². The van der Waals surface area contributed by atoms with Crippen molar-refractivity contribution in [2.45, 2.75) is 69.4 Å². The predicted octanol–water partition coefficient (Wildman–Crippen LogP) is 5.43. The molecule has 4 aliphatic rings. The average Bonchev–Trinajstić information content (AvgIpc) is 3.38.